The standard InChI is InChI=1S/C24H21Cl2F3N2O2/c1-33-22-8-3-2-5-17(22)15-31(12-11-16-9-10-19(25)14-21(16)26)23(32)30-20-7-4-6-18(13-20)24(27,28)29/h2-10,13-14H,11-12,15H2,1H3,(H,30,32). The molecule has 0 radical (unpaired) electrons. The molecule has 0 fully saturated rings. The highest BCUT2D eigenvalue weighted by Gasteiger charge is 2.30. The Kier molecular flexibility index (Phi) is 8.10. The zero-order valence-corrected chi connectivity index (χ0v) is 19.1. The number of nitrogens with zero attached hydrogens (tertiary/aromatic N) is 1. The predicted molar refractivity (Wildman–Crippen MR) is 124 cm³/mol. The van der Waals surface area contributed by atoms with Gasteiger partial charge in [-0.2, -0.15) is 13.2 Å². The summed E-state index contributed by atoms with van der Waals surface area (Å²) in [6, 6.07) is 16.3. The van der Waals surface area contributed by atoms with E-state index >= 15 is 0 Å². The maximum absolute atomic E-state index is 13.1. The second-order valence-corrected chi connectivity index (χ2v) is 8.07. The maximum Gasteiger partial charge on any atom is 0.416 e. The van der Waals surface area contributed by atoms with Gasteiger partial charge in [-0.3, -0.25) is 0 Å². The van der Waals surface area contributed by atoms with Crippen molar-refractivity contribution in [3.8, 4) is 5.75 Å². The number of amides is 2. The molecule has 0 unspecified atom stereocenters. The number of urea groups is 1. The van der Waals surface area contributed by atoms with E-state index in [1.807, 2.05) is 18.2 Å². The number of para-hydroxylation sites is 1. The minimum atomic E-state index is -4.51. The molecule has 1 N–H and O–H groups in total. The number of hydrogen-bond acceptors (Lipinski definition) is 2. The molecule has 0 saturated heterocycles. The number of ether oxygens (including phenoxy) is 1. The highest BCUT2D eigenvalue weighted by Crippen LogP contribution is 2.31. The lowest BCUT2D eigenvalue weighted by molar-refractivity contribution is -0.137. The fourth-order valence-corrected chi connectivity index (χ4v) is 3.75. The van der Waals surface area contributed by atoms with Crippen LogP contribution in [0.3, 0.4) is 0 Å². The maximum atomic E-state index is 13.1. The first-order valence-corrected chi connectivity index (χ1v) is 10.7. The molecule has 3 aromatic carbocycles. The Hall–Kier alpha value is -2.90. The molecular formula is C24H21Cl2F3N2O2. The summed E-state index contributed by atoms with van der Waals surface area (Å²) < 4.78 is 44.5. The Balaban J connectivity index is 1.83. The number of nitrogens with one attached hydrogen (secondary N) is 1. The van der Waals surface area contributed by atoms with Crippen molar-refractivity contribution >= 4 is 34.9 Å². The summed E-state index contributed by atoms with van der Waals surface area (Å²) in [7, 11) is 1.53. The molecule has 0 saturated carbocycles. The lowest BCUT2D eigenvalue weighted by atomic mass is 10.1. The second-order valence-electron chi connectivity index (χ2n) is 7.23. The van der Waals surface area contributed by atoms with Gasteiger partial charge in [0.2, 0.25) is 0 Å². The van der Waals surface area contributed by atoms with Crippen molar-refractivity contribution < 1.29 is 22.7 Å². The Morgan fingerprint density at radius 3 is 2.45 bits per heavy atom. The average Bonchev–Trinajstić information content (AvgIpc) is 2.77. The van der Waals surface area contributed by atoms with E-state index in [0.29, 0.717) is 22.2 Å². The lowest BCUT2D eigenvalue weighted by Gasteiger charge is -2.24. The van der Waals surface area contributed by atoms with Crippen LogP contribution in [0.25, 0.3) is 0 Å². The summed E-state index contributed by atoms with van der Waals surface area (Å²) in [5.41, 5.74) is 0.744. The van der Waals surface area contributed by atoms with Gasteiger partial charge in [0, 0.05) is 27.8 Å². The Morgan fingerprint density at radius 2 is 1.76 bits per heavy atom. The van der Waals surface area contributed by atoms with E-state index in [1.165, 1.54) is 24.1 Å². The second kappa shape index (κ2) is 10.8. The van der Waals surface area contributed by atoms with Crippen molar-refractivity contribution in [2.24, 2.45) is 0 Å². The first-order chi connectivity index (χ1) is 15.7. The molecule has 4 nitrogen and oxygen atoms in total. The number of hydrogen-bond donors (Lipinski definition) is 1. The van der Waals surface area contributed by atoms with Crippen LogP contribution in [0.1, 0.15) is 16.7 Å². The van der Waals surface area contributed by atoms with Crippen molar-refractivity contribution in [1.29, 1.82) is 0 Å². The molecule has 0 heterocycles. The lowest BCUT2D eigenvalue weighted by Crippen LogP contribution is -2.36. The van der Waals surface area contributed by atoms with E-state index in [0.717, 1.165) is 23.3 Å². The fourth-order valence-electron chi connectivity index (χ4n) is 3.25. The van der Waals surface area contributed by atoms with Gasteiger partial charge in [-0.15, -0.1) is 0 Å². The summed E-state index contributed by atoms with van der Waals surface area (Å²) in [5, 5.41) is 3.53. The van der Waals surface area contributed by atoms with Crippen LogP contribution in [0.15, 0.2) is 66.7 Å². The first kappa shape index (κ1) is 24.7. The van der Waals surface area contributed by atoms with E-state index in [2.05, 4.69) is 5.32 Å². The summed E-state index contributed by atoms with van der Waals surface area (Å²) in [6.45, 7) is 0.435. The van der Waals surface area contributed by atoms with Gasteiger partial charge in [0.1, 0.15) is 5.75 Å². The normalized spacial score (nSPS) is 11.2. The molecule has 0 spiro atoms. The van der Waals surface area contributed by atoms with Gasteiger partial charge in [-0.05, 0) is 48.4 Å². The van der Waals surface area contributed by atoms with E-state index in [9.17, 15) is 18.0 Å². The van der Waals surface area contributed by atoms with E-state index in [4.69, 9.17) is 27.9 Å². The number of alkyl halides is 3. The zero-order chi connectivity index (χ0) is 24.0. The molecule has 0 bridgehead atoms. The third-order valence-electron chi connectivity index (χ3n) is 4.95. The molecule has 3 aromatic rings. The number of halogens is 5. The number of carbonyl (C=O) groups is 1. The highest BCUT2D eigenvalue weighted by molar-refractivity contribution is 6.35. The summed E-state index contributed by atoms with van der Waals surface area (Å²) in [4.78, 5) is 14.6. The fraction of sp³-hybridized carbons (Fsp3) is 0.208. The molecule has 0 atom stereocenters. The summed E-state index contributed by atoms with van der Waals surface area (Å²) in [5.74, 6) is 0.596. The van der Waals surface area contributed by atoms with Gasteiger partial charge in [0.05, 0.1) is 19.2 Å². The van der Waals surface area contributed by atoms with Gasteiger partial charge in [0.15, 0.2) is 0 Å². The SMILES string of the molecule is COc1ccccc1CN(CCc1ccc(Cl)cc1Cl)C(=O)Nc1cccc(C(F)(F)F)c1. The number of carbonyl (C=O) groups excluding carboxylic acids is 1. The van der Waals surface area contributed by atoms with Crippen molar-refractivity contribution in [3.05, 3.63) is 93.5 Å². The smallest absolute Gasteiger partial charge is 0.416 e. The largest absolute Gasteiger partial charge is 0.496 e. The zero-order valence-electron chi connectivity index (χ0n) is 17.6. The van der Waals surface area contributed by atoms with Crippen molar-refractivity contribution in [2.75, 3.05) is 19.0 Å². The number of anilines is 1. The number of benzene rings is 3. The minimum Gasteiger partial charge on any atom is -0.496 e. The van der Waals surface area contributed by atoms with Crippen LogP contribution in [0.4, 0.5) is 23.7 Å². The first-order valence-electron chi connectivity index (χ1n) is 9.96. The van der Waals surface area contributed by atoms with Crippen LogP contribution in [-0.4, -0.2) is 24.6 Å². The van der Waals surface area contributed by atoms with Crippen LogP contribution < -0.4 is 10.1 Å². The monoisotopic (exact) mass is 496 g/mol. The number of rotatable bonds is 7. The minimum absolute atomic E-state index is 0.0457. The third-order valence-corrected chi connectivity index (χ3v) is 5.54. The molecule has 0 aliphatic carbocycles. The number of methoxy groups -OCH3 is 1. The van der Waals surface area contributed by atoms with Crippen LogP contribution in [-0.2, 0) is 19.1 Å². The van der Waals surface area contributed by atoms with Gasteiger partial charge < -0.3 is 15.0 Å². The van der Waals surface area contributed by atoms with Gasteiger partial charge >= 0.3 is 12.2 Å². The molecule has 33 heavy (non-hydrogen) atoms. The summed E-state index contributed by atoms with van der Waals surface area (Å²) in [6.07, 6.45) is -4.09. The molecule has 3 rings (SSSR count). The average molecular weight is 497 g/mol. The highest BCUT2D eigenvalue weighted by atomic mass is 35.5. The molecule has 174 valence electrons. The Bertz CT molecular complexity index is 1120. The molecule has 2 amide bonds. The van der Waals surface area contributed by atoms with Crippen LogP contribution in [0.5, 0.6) is 5.75 Å². The molecule has 9 heteroatoms. The van der Waals surface area contributed by atoms with E-state index < -0.39 is 17.8 Å². The van der Waals surface area contributed by atoms with Crippen molar-refractivity contribution in [1.82, 2.24) is 4.90 Å². The van der Waals surface area contributed by atoms with Gasteiger partial charge in [0.25, 0.3) is 0 Å². The molecular weight excluding hydrogens is 476 g/mol. The van der Waals surface area contributed by atoms with Crippen LogP contribution >= 0.6 is 23.2 Å². The van der Waals surface area contributed by atoms with E-state index in [-0.39, 0.29) is 18.8 Å². The molecule has 0 aromatic heterocycles. The van der Waals surface area contributed by atoms with Crippen LogP contribution in [0, 0.1) is 0 Å². The van der Waals surface area contributed by atoms with Crippen molar-refractivity contribution in [3.63, 3.8) is 0 Å². The molecule has 0 aliphatic rings. The van der Waals surface area contributed by atoms with Crippen molar-refractivity contribution in [2.45, 2.75) is 19.1 Å². The Morgan fingerprint density at radius 1 is 1.00 bits per heavy atom. The third kappa shape index (κ3) is 6.79. The van der Waals surface area contributed by atoms with Gasteiger partial charge in [-0.25, -0.2) is 4.79 Å². The topological polar surface area (TPSA) is 41.6 Å². The predicted octanol–water partition coefficient (Wildman–Crippen LogP) is 7.30. The van der Waals surface area contributed by atoms with E-state index in [1.54, 1.807) is 24.3 Å². The Labute approximate surface area is 199 Å². The van der Waals surface area contributed by atoms with Gasteiger partial charge in [-0.1, -0.05) is 53.5 Å². The molecule has 0 aliphatic heterocycles. The quantitative estimate of drug-likeness (QED) is 0.372. The summed E-state index contributed by atoms with van der Waals surface area (Å²) >= 11 is 12.2. The van der Waals surface area contributed by atoms with Crippen LogP contribution in [0.2, 0.25) is 10.0 Å².